The molecule has 4 heterocycles. The zero-order chi connectivity index (χ0) is 25.1. The number of carbonyl (C=O) groups is 1. The van der Waals surface area contributed by atoms with Gasteiger partial charge < -0.3 is 20.7 Å². The molecule has 0 radical (unpaired) electrons. The number of rotatable bonds is 9. The number of carbonyl (C=O) groups excluding carboxylic acids is 1. The molecule has 1 aliphatic heterocycles. The fourth-order valence-electron chi connectivity index (χ4n) is 4.65. The molecule has 3 N–H and O–H groups in total. The van der Waals surface area contributed by atoms with Crippen molar-refractivity contribution in [2.24, 2.45) is 0 Å². The number of methoxy groups -OCH3 is 1. The molecule has 0 fully saturated rings. The van der Waals surface area contributed by atoms with Gasteiger partial charge in [-0.05, 0) is 49.6 Å². The van der Waals surface area contributed by atoms with Gasteiger partial charge in [-0.2, -0.15) is 0 Å². The smallest absolute Gasteiger partial charge is 0.226 e. The number of thiazole rings is 1. The van der Waals surface area contributed by atoms with E-state index in [9.17, 15) is 4.79 Å². The van der Waals surface area contributed by atoms with Gasteiger partial charge in [0.05, 0.1) is 16.8 Å². The van der Waals surface area contributed by atoms with Crippen molar-refractivity contribution in [3.63, 3.8) is 0 Å². The number of thiophene rings is 1. The highest BCUT2D eigenvalue weighted by molar-refractivity contribution is 7.23. The number of nitrogens with zero attached hydrogens (tertiary/aromatic N) is 2. The quantitative estimate of drug-likeness (QED) is 0.261. The topological polar surface area (TPSA) is 88.2 Å². The molecular formula is C27H31N5O2S2. The Hall–Kier alpha value is -2.69. The molecule has 7 nitrogen and oxygen atoms in total. The Kier molecular flexibility index (Phi) is 7.73. The van der Waals surface area contributed by atoms with Crippen LogP contribution in [-0.2, 0) is 16.0 Å². The second kappa shape index (κ2) is 11.1. The van der Waals surface area contributed by atoms with Crippen LogP contribution in [-0.4, -0.2) is 48.7 Å². The predicted molar refractivity (Wildman–Crippen MR) is 149 cm³/mol. The largest absolute Gasteiger partial charge is 0.383 e. The van der Waals surface area contributed by atoms with Crippen molar-refractivity contribution < 1.29 is 9.53 Å². The molecule has 0 saturated heterocycles. The lowest BCUT2D eigenvalue weighted by atomic mass is 9.95. The van der Waals surface area contributed by atoms with Crippen molar-refractivity contribution in [3.05, 3.63) is 53.2 Å². The highest BCUT2D eigenvalue weighted by Gasteiger charge is 2.30. The van der Waals surface area contributed by atoms with Crippen LogP contribution in [0.4, 0.5) is 5.00 Å². The Labute approximate surface area is 219 Å². The van der Waals surface area contributed by atoms with Gasteiger partial charge in [-0.1, -0.05) is 12.1 Å². The molecule has 9 heteroatoms. The number of pyridine rings is 1. The summed E-state index contributed by atoms with van der Waals surface area (Å²) < 4.78 is 6.18. The van der Waals surface area contributed by atoms with Crippen LogP contribution in [0.2, 0.25) is 0 Å². The van der Waals surface area contributed by atoms with Gasteiger partial charge in [-0.25, -0.2) is 4.98 Å². The van der Waals surface area contributed by atoms with Crippen LogP contribution in [0.5, 0.6) is 0 Å². The van der Waals surface area contributed by atoms with E-state index in [4.69, 9.17) is 9.72 Å². The molecule has 1 amide bonds. The standard InChI is InChI=1S/C27H31N5O2S2/c1-16-13-20-24(26-31-21-7-6-18(14-22(21)35-26)19-5-4-9-29-15-19)27(36-25(20)17(2)30-16)32-23(33)8-10-28-11-12-34-3/h4-7,9,14-17,28,30H,8,10-13H2,1-3H3,(H,32,33)/t16-,17+/m1/s1. The number of hydrogen-bond donors (Lipinski definition) is 3. The summed E-state index contributed by atoms with van der Waals surface area (Å²) in [6.07, 6.45) is 4.99. The van der Waals surface area contributed by atoms with Crippen LogP contribution >= 0.6 is 22.7 Å². The van der Waals surface area contributed by atoms with Gasteiger partial charge in [-0.3, -0.25) is 9.78 Å². The first-order valence-electron chi connectivity index (χ1n) is 12.3. The Morgan fingerprint density at radius 2 is 2.08 bits per heavy atom. The molecule has 1 aliphatic rings. The zero-order valence-corrected chi connectivity index (χ0v) is 22.4. The second-order valence-corrected chi connectivity index (χ2v) is 11.2. The molecule has 0 spiro atoms. The van der Waals surface area contributed by atoms with Crippen molar-refractivity contribution in [2.45, 2.75) is 38.8 Å². The normalized spacial score (nSPS) is 17.3. The lowest BCUT2D eigenvalue weighted by Crippen LogP contribution is -2.35. The van der Waals surface area contributed by atoms with Crippen molar-refractivity contribution >= 4 is 43.8 Å². The molecule has 188 valence electrons. The molecule has 1 aromatic carbocycles. The van der Waals surface area contributed by atoms with E-state index in [1.165, 1.54) is 10.4 Å². The van der Waals surface area contributed by atoms with Gasteiger partial charge in [0, 0.05) is 67.1 Å². The van der Waals surface area contributed by atoms with Gasteiger partial charge in [0.15, 0.2) is 0 Å². The maximum Gasteiger partial charge on any atom is 0.226 e. The molecule has 36 heavy (non-hydrogen) atoms. The number of ether oxygens (including phenoxy) is 1. The van der Waals surface area contributed by atoms with Crippen molar-refractivity contribution in [1.82, 2.24) is 20.6 Å². The van der Waals surface area contributed by atoms with Crippen molar-refractivity contribution in [2.75, 3.05) is 32.1 Å². The van der Waals surface area contributed by atoms with Crippen LogP contribution in [0.1, 0.15) is 36.8 Å². The minimum absolute atomic E-state index is 0.00778. The van der Waals surface area contributed by atoms with Crippen LogP contribution in [0.25, 0.3) is 31.9 Å². The molecule has 5 rings (SSSR count). The lowest BCUT2D eigenvalue weighted by Gasteiger charge is -2.26. The van der Waals surface area contributed by atoms with E-state index >= 15 is 0 Å². The van der Waals surface area contributed by atoms with Gasteiger partial charge in [0.25, 0.3) is 0 Å². The maximum atomic E-state index is 12.8. The Bertz CT molecular complexity index is 1350. The second-order valence-electron chi connectivity index (χ2n) is 9.13. The highest BCUT2D eigenvalue weighted by atomic mass is 32.1. The number of amides is 1. The fourth-order valence-corrected chi connectivity index (χ4v) is 7.06. The molecule has 0 saturated carbocycles. The van der Waals surface area contributed by atoms with Gasteiger partial charge in [-0.15, -0.1) is 22.7 Å². The van der Waals surface area contributed by atoms with Crippen LogP contribution in [0.15, 0.2) is 42.7 Å². The number of hydrogen-bond acceptors (Lipinski definition) is 8. The van der Waals surface area contributed by atoms with E-state index in [0.29, 0.717) is 25.6 Å². The molecule has 0 aliphatic carbocycles. The summed E-state index contributed by atoms with van der Waals surface area (Å²) >= 11 is 3.36. The molecule has 2 atom stereocenters. The number of aromatic nitrogens is 2. The maximum absolute atomic E-state index is 12.8. The highest BCUT2D eigenvalue weighted by Crippen LogP contribution is 2.47. The van der Waals surface area contributed by atoms with E-state index in [0.717, 1.165) is 49.9 Å². The summed E-state index contributed by atoms with van der Waals surface area (Å²) in [5.41, 5.74) is 5.57. The van der Waals surface area contributed by atoms with Crippen molar-refractivity contribution in [3.8, 4) is 21.7 Å². The van der Waals surface area contributed by atoms with E-state index in [1.54, 1.807) is 36.0 Å². The third kappa shape index (κ3) is 5.35. The number of nitrogens with one attached hydrogen (secondary N) is 3. The summed E-state index contributed by atoms with van der Waals surface area (Å²) in [7, 11) is 1.67. The lowest BCUT2D eigenvalue weighted by molar-refractivity contribution is -0.116. The molecule has 0 bridgehead atoms. The summed E-state index contributed by atoms with van der Waals surface area (Å²) in [5.74, 6) is 0.00778. The monoisotopic (exact) mass is 521 g/mol. The average molecular weight is 522 g/mol. The number of fused-ring (bicyclic) bond motifs is 2. The van der Waals surface area contributed by atoms with Crippen LogP contribution < -0.4 is 16.0 Å². The third-order valence-corrected chi connectivity index (χ3v) is 8.70. The summed E-state index contributed by atoms with van der Waals surface area (Å²) in [4.78, 5) is 23.4. The van der Waals surface area contributed by atoms with Gasteiger partial charge in [0.2, 0.25) is 5.91 Å². The SMILES string of the molecule is COCCNCCC(=O)Nc1sc2c(c1-c1nc3ccc(-c4cccnc4)cc3s1)C[C@@H](C)N[C@H]2C. The Morgan fingerprint density at radius 1 is 1.19 bits per heavy atom. The molecular weight excluding hydrogens is 490 g/mol. The predicted octanol–water partition coefficient (Wildman–Crippen LogP) is 5.25. The Balaban J connectivity index is 1.47. The Morgan fingerprint density at radius 3 is 2.89 bits per heavy atom. The first kappa shape index (κ1) is 25.0. The van der Waals surface area contributed by atoms with Crippen molar-refractivity contribution in [1.29, 1.82) is 0 Å². The number of anilines is 1. The molecule has 4 aromatic rings. The fraction of sp³-hybridized carbons (Fsp3) is 0.370. The van der Waals surface area contributed by atoms with E-state index in [2.05, 4.69) is 59.0 Å². The van der Waals surface area contributed by atoms with E-state index in [1.807, 2.05) is 12.3 Å². The molecule has 0 unspecified atom stereocenters. The summed E-state index contributed by atoms with van der Waals surface area (Å²) in [6, 6.07) is 11.0. The summed E-state index contributed by atoms with van der Waals surface area (Å²) in [6.45, 7) is 6.38. The number of benzene rings is 1. The van der Waals surface area contributed by atoms with Gasteiger partial charge >= 0.3 is 0 Å². The minimum Gasteiger partial charge on any atom is -0.383 e. The minimum atomic E-state index is 0.00778. The van der Waals surface area contributed by atoms with Crippen LogP contribution in [0.3, 0.4) is 0 Å². The average Bonchev–Trinajstić information content (AvgIpc) is 3.44. The van der Waals surface area contributed by atoms with Gasteiger partial charge in [0.1, 0.15) is 10.0 Å². The van der Waals surface area contributed by atoms with Crippen LogP contribution in [0, 0.1) is 0 Å². The first-order valence-corrected chi connectivity index (χ1v) is 13.9. The van der Waals surface area contributed by atoms with E-state index < -0.39 is 0 Å². The first-order chi connectivity index (χ1) is 17.5. The summed E-state index contributed by atoms with van der Waals surface area (Å²) in [5, 5.41) is 12.0. The third-order valence-electron chi connectivity index (χ3n) is 6.34. The molecule has 3 aromatic heterocycles. The zero-order valence-electron chi connectivity index (χ0n) is 20.8. The van der Waals surface area contributed by atoms with E-state index in [-0.39, 0.29) is 11.9 Å².